The van der Waals surface area contributed by atoms with Crippen molar-refractivity contribution in [3.8, 4) is 5.75 Å². The van der Waals surface area contributed by atoms with Gasteiger partial charge in [-0.25, -0.2) is 4.39 Å². The number of nitrogens with one attached hydrogen (secondary N) is 1. The number of hydrogen-bond donors (Lipinski definition) is 2. The summed E-state index contributed by atoms with van der Waals surface area (Å²) in [5.74, 6) is 0.394. The standard InChI is InChI=1S/C14H19FN2O/c15-12-5-10(6-13(18)7-12)8-17-4-2-14-11(9-17)1-3-16-14/h5-7,11,14,16,18H,1-4,8-9H2. The fraction of sp³-hybridized carbons (Fsp3) is 0.571. The fourth-order valence-electron chi connectivity index (χ4n) is 3.25. The summed E-state index contributed by atoms with van der Waals surface area (Å²) < 4.78 is 13.2. The number of fused-ring (bicyclic) bond motifs is 1. The number of halogens is 1. The summed E-state index contributed by atoms with van der Waals surface area (Å²) in [5, 5.41) is 12.9. The van der Waals surface area contributed by atoms with Crippen LogP contribution in [0.5, 0.6) is 5.75 Å². The predicted molar refractivity (Wildman–Crippen MR) is 67.9 cm³/mol. The third kappa shape index (κ3) is 2.49. The summed E-state index contributed by atoms with van der Waals surface area (Å²) >= 11 is 0. The second-order valence-electron chi connectivity index (χ2n) is 5.45. The van der Waals surface area contributed by atoms with Gasteiger partial charge in [0.15, 0.2) is 0 Å². The average molecular weight is 250 g/mol. The zero-order valence-electron chi connectivity index (χ0n) is 10.4. The Morgan fingerprint density at radius 3 is 3.06 bits per heavy atom. The number of nitrogens with zero attached hydrogens (tertiary/aromatic N) is 1. The second kappa shape index (κ2) is 4.86. The Labute approximate surface area is 107 Å². The molecule has 98 valence electrons. The molecule has 0 saturated carbocycles. The minimum absolute atomic E-state index is 0.0161. The van der Waals surface area contributed by atoms with E-state index in [4.69, 9.17) is 0 Å². The van der Waals surface area contributed by atoms with E-state index in [0.29, 0.717) is 6.04 Å². The number of phenols is 1. The number of hydrogen-bond acceptors (Lipinski definition) is 3. The molecular formula is C14H19FN2O. The highest BCUT2D eigenvalue weighted by Crippen LogP contribution is 2.26. The molecule has 2 atom stereocenters. The van der Waals surface area contributed by atoms with Crippen LogP contribution in [-0.2, 0) is 6.54 Å². The molecule has 2 unspecified atom stereocenters. The number of phenolic OH excluding ortho intramolecular Hbond substituents is 1. The third-order valence-corrected chi connectivity index (χ3v) is 4.09. The van der Waals surface area contributed by atoms with E-state index in [2.05, 4.69) is 10.2 Å². The van der Waals surface area contributed by atoms with Crippen LogP contribution >= 0.6 is 0 Å². The van der Waals surface area contributed by atoms with Gasteiger partial charge in [0.05, 0.1) is 0 Å². The van der Waals surface area contributed by atoms with Crippen LogP contribution in [0.25, 0.3) is 0 Å². The summed E-state index contributed by atoms with van der Waals surface area (Å²) in [6.07, 6.45) is 2.42. The van der Waals surface area contributed by atoms with E-state index in [9.17, 15) is 9.50 Å². The van der Waals surface area contributed by atoms with Crippen molar-refractivity contribution in [1.82, 2.24) is 10.2 Å². The number of likely N-dealkylation sites (tertiary alicyclic amines) is 1. The minimum Gasteiger partial charge on any atom is -0.508 e. The maximum absolute atomic E-state index is 13.2. The monoisotopic (exact) mass is 250 g/mol. The Morgan fingerprint density at radius 1 is 1.33 bits per heavy atom. The van der Waals surface area contributed by atoms with Crippen molar-refractivity contribution < 1.29 is 9.50 Å². The first kappa shape index (κ1) is 11.9. The predicted octanol–water partition coefficient (Wildman–Crippen LogP) is 1.72. The van der Waals surface area contributed by atoms with Crippen LogP contribution in [0.3, 0.4) is 0 Å². The van der Waals surface area contributed by atoms with E-state index in [1.54, 1.807) is 6.07 Å². The van der Waals surface area contributed by atoms with Gasteiger partial charge >= 0.3 is 0 Å². The van der Waals surface area contributed by atoms with Crippen LogP contribution in [-0.4, -0.2) is 35.7 Å². The van der Waals surface area contributed by atoms with Gasteiger partial charge in [-0.1, -0.05) is 0 Å². The maximum atomic E-state index is 13.2. The lowest BCUT2D eigenvalue weighted by molar-refractivity contribution is 0.155. The van der Waals surface area contributed by atoms with Crippen LogP contribution in [0.1, 0.15) is 18.4 Å². The molecule has 2 N–H and O–H groups in total. The van der Waals surface area contributed by atoms with Crippen LogP contribution in [0.2, 0.25) is 0 Å². The van der Waals surface area contributed by atoms with Crippen LogP contribution in [0.4, 0.5) is 4.39 Å². The SMILES string of the molecule is Oc1cc(F)cc(CN2CCC3NCCC3C2)c1. The molecule has 2 aliphatic rings. The van der Waals surface area contributed by atoms with E-state index < -0.39 is 0 Å². The second-order valence-corrected chi connectivity index (χ2v) is 5.45. The molecule has 1 aromatic carbocycles. The molecule has 2 saturated heterocycles. The van der Waals surface area contributed by atoms with Crippen molar-refractivity contribution >= 4 is 0 Å². The van der Waals surface area contributed by atoms with Gasteiger partial charge in [-0.2, -0.15) is 0 Å². The van der Waals surface area contributed by atoms with E-state index in [1.807, 2.05) is 0 Å². The van der Waals surface area contributed by atoms with Crippen molar-refractivity contribution in [2.45, 2.75) is 25.4 Å². The first-order chi connectivity index (χ1) is 8.70. The smallest absolute Gasteiger partial charge is 0.127 e. The number of piperidine rings is 1. The summed E-state index contributed by atoms with van der Waals surface area (Å²) in [6.45, 7) is 3.98. The number of rotatable bonds is 2. The Hall–Kier alpha value is -1.13. The lowest BCUT2D eigenvalue weighted by atomic mass is 9.93. The zero-order valence-corrected chi connectivity index (χ0v) is 10.4. The molecule has 2 aliphatic heterocycles. The molecule has 3 nitrogen and oxygen atoms in total. The Kier molecular flexibility index (Phi) is 3.22. The Morgan fingerprint density at radius 2 is 2.22 bits per heavy atom. The van der Waals surface area contributed by atoms with E-state index in [1.165, 1.54) is 18.9 Å². The van der Waals surface area contributed by atoms with Gasteiger partial charge in [0, 0.05) is 25.2 Å². The molecule has 3 rings (SSSR count). The van der Waals surface area contributed by atoms with E-state index in [0.717, 1.165) is 43.7 Å². The normalized spacial score (nSPS) is 28.3. The molecule has 2 fully saturated rings. The van der Waals surface area contributed by atoms with Crippen molar-refractivity contribution in [3.05, 3.63) is 29.6 Å². The summed E-state index contributed by atoms with van der Waals surface area (Å²) in [6, 6.07) is 5.00. The molecule has 0 radical (unpaired) electrons. The largest absolute Gasteiger partial charge is 0.508 e. The van der Waals surface area contributed by atoms with Gasteiger partial charge in [0.2, 0.25) is 0 Å². The summed E-state index contributed by atoms with van der Waals surface area (Å²) in [5.41, 5.74) is 0.858. The summed E-state index contributed by atoms with van der Waals surface area (Å²) in [4.78, 5) is 2.36. The van der Waals surface area contributed by atoms with Gasteiger partial charge in [-0.05, 0) is 49.5 Å². The van der Waals surface area contributed by atoms with Gasteiger partial charge < -0.3 is 10.4 Å². The van der Waals surface area contributed by atoms with Gasteiger partial charge in [0.1, 0.15) is 11.6 Å². The van der Waals surface area contributed by atoms with Crippen LogP contribution in [0, 0.1) is 11.7 Å². The quantitative estimate of drug-likeness (QED) is 0.839. The van der Waals surface area contributed by atoms with E-state index in [-0.39, 0.29) is 11.6 Å². The first-order valence-corrected chi connectivity index (χ1v) is 6.65. The number of benzene rings is 1. The fourth-order valence-corrected chi connectivity index (χ4v) is 3.25. The topological polar surface area (TPSA) is 35.5 Å². The van der Waals surface area contributed by atoms with Crippen LogP contribution in [0.15, 0.2) is 18.2 Å². The molecule has 0 aromatic heterocycles. The molecule has 0 bridgehead atoms. The molecular weight excluding hydrogens is 231 g/mol. The highest BCUT2D eigenvalue weighted by molar-refractivity contribution is 5.28. The van der Waals surface area contributed by atoms with E-state index >= 15 is 0 Å². The molecule has 18 heavy (non-hydrogen) atoms. The van der Waals surface area contributed by atoms with Crippen molar-refractivity contribution in [2.24, 2.45) is 5.92 Å². The molecule has 0 amide bonds. The lowest BCUT2D eigenvalue weighted by Gasteiger charge is -2.34. The molecule has 0 aliphatic carbocycles. The van der Waals surface area contributed by atoms with Crippen molar-refractivity contribution in [1.29, 1.82) is 0 Å². The van der Waals surface area contributed by atoms with Gasteiger partial charge in [-0.3, -0.25) is 4.90 Å². The Bertz CT molecular complexity index is 418. The maximum Gasteiger partial charge on any atom is 0.127 e. The van der Waals surface area contributed by atoms with Gasteiger partial charge in [0.25, 0.3) is 0 Å². The average Bonchev–Trinajstić information content (AvgIpc) is 2.74. The zero-order chi connectivity index (χ0) is 12.5. The van der Waals surface area contributed by atoms with Crippen molar-refractivity contribution in [2.75, 3.05) is 19.6 Å². The molecule has 2 heterocycles. The third-order valence-electron chi connectivity index (χ3n) is 4.09. The van der Waals surface area contributed by atoms with Gasteiger partial charge in [-0.15, -0.1) is 0 Å². The highest BCUT2D eigenvalue weighted by atomic mass is 19.1. The molecule has 1 aromatic rings. The lowest BCUT2D eigenvalue weighted by Crippen LogP contribution is -2.43. The highest BCUT2D eigenvalue weighted by Gasteiger charge is 2.32. The number of aromatic hydroxyl groups is 1. The summed E-state index contributed by atoms with van der Waals surface area (Å²) in [7, 11) is 0. The molecule has 0 spiro atoms. The minimum atomic E-state index is -0.359. The first-order valence-electron chi connectivity index (χ1n) is 6.65. The van der Waals surface area contributed by atoms with Crippen LogP contribution < -0.4 is 5.32 Å². The van der Waals surface area contributed by atoms with Crippen molar-refractivity contribution in [3.63, 3.8) is 0 Å². The Balaban J connectivity index is 1.65. The molecule has 4 heteroatoms.